The van der Waals surface area contributed by atoms with E-state index < -0.39 is 22.8 Å². The van der Waals surface area contributed by atoms with E-state index in [9.17, 15) is 13.2 Å². The Morgan fingerprint density at radius 2 is 1.97 bits per heavy atom. The predicted molar refractivity (Wildman–Crippen MR) is 100 cm³/mol. The summed E-state index contributed by atoms with van der Waals surface area (Å²) < 4.78 is 46.0. The highest BCUT2D eigenvalue weighted by atomic mass is 35.5. The molecule has 3 aromatic heterocycles. The van der Waals surface area contributed by atoms with Gasteiger partial charge in [-0.25, -0.2) is 9.97 Å². The number of anilines is 1. The monoisotopic (exact) mass is 442 g/mol. The van der Waals surface area contributed by atoms with Crippen LogP contribution in [0.3, 0.4) is 0 Å². The van der Waals surface area contributed by atoms with E-state index in [0.29, 0.717) is 16.7 Å². The first-order chi connectivity index (χ1) is 13.7. The first-order valence-corrected chi connectivity index (χ1v) is 8.93. The molecule has 0 aliphatic rings. The van der Waals surface area contributed by atoms with Gasteiger partial charge in [0.05, 0.1) is 21.7 Å². The zero-order valence-electron chi connectivity index (χ0n) is 14.6. The molecule has 0 unspecified atom stereocenters. The van der Waals surface area contributed by atoms with E-state index in [0.717, 1.165) is 12.1 Å². The molecule has 4 aromatic rings. The van der Waals surface area contributed by atoms with E-state index >= 15 is 0 Å². The summed E-state index contributed by atoms with van der Waals surface area (Å²) in [7, 11) is 0. The molecule has 0 aliphatic heterocycles. The molecule has 150 valence electrons. The fraction of sp³-hybridized carbons (Fsp3) is 0.176. The second-order valence-electron chi connectivity index (χ2n) is 6.05. The quantitative estimate of drug-likeness (QED) is 0.461. The van der Waals surface area contributed by atoms with Crippen molar-refractivity contribution < 1.29 is 17.6 Å². The van der Waals surface area contributed by atoms with E-state index in [1.807, 2.05) is 0 Å². The lowest BCUT2D eigenvalue weighted by Crippen LogP contribution is -2.14. The number of halogens is 5. The third-order valence-electron chi connectivity index (χ3n) is 4.01. The Hall–Kier alpha value is -2.85. The number of nitrogens with zero attached hydrogens (tertiary/aromatic N) is 5. The summed E-state index contributed by atoms with van der Waals surface area (Å²) in [5, 5.41) is 7.11. The molecular formula is C17H11Cl2F3N6O. The molecule has 0 saturated heterocycles. The molecule has 0 spiro atoms. The number of hydrogen-bond donors (Lipinski definition) is 1. The Labute approximate surface area is 171 Å². The van der Waals surface area contributed by atoms with Gasteiger partial charge in [-0.3, -0.25) is 0 Å². The highest BCUT2D eigenvalue weighted by Crippen LogP contribution is 2.37. The molecule has 0 saturated carbocycles. The van der Waals surface area contributed by atoms with Gasteiger partial charge in [0.15, 0.2) is 17.2 Å². The zero-order valence-corrected chi connectivity index (χ0v) is 16.1. The van der Waals surface area contributed by atoms with Crippen molar-refractivity contribution in [2.24, 2.45) is 0 Å². The Bertz CT molecular complexity index is 1170. The van der Waals surface area contributed by atoms with Crippen molar-refractivity contribution in [2.75, 3.05) is 5.32 Å². The van der Waals surface area contributed by atoms with Crippen LogP contribution in [-0.2, 0) is 6.18 Å². The van der Waals surface area contributed by atoms with Crippen LogP contribution in [0.25, 0.3) is 16.9 Å². The molecule has 0 fully saturated rings. The van der Waals surface area contributed by atoms with E-state index in [1.165, 1.54) is 17.2 Å². The summed E-state index contributed by atoms with van der Waals surface area (Å²) in [4.78, 5) is 12.5. The molecule has 3 heterocycles. The fourth-order valence-electron chi connectivity index (χ4n) is 2.69. The minimum atomic E-state index is -4.59. The SMILES string of the molecule is C[C@H](Nc1nc2cc(C(F)(F)F)c(Cl)cc2o1)c1ncnn1-c1ccc(Cl)cn1. The molecule has 1 aromatic carbocycles. The van der Waals surface area contributed by atoms with Crippen LogP contribution >= 0.6 is 23.2 Å². The van der Waals surface area contributed by atoms with Gasteiger partial charge in [0, 0.05) is 12.3 Å². The number of alkyl halides is 3. The average molecular weight is 443 g/mol. The first-order valence-electron chi connectivity index (χ1n) is 8.18. The van der Waals surface area contributed by atoms with Gasteiger partial charge in [-0.1, -0.05) is 23.2 Å². The van der Waals surface area contributed by atoms with Gasteiger partial charge >= 0.3 is 6.18 Å². The summed E-state index contributed by atoms with van der Waals surface area (Å²) in [6.45, 7) is 1.76. The normalized spacial score (nSPS) is 13.0. The predicted octanol–water partition coefficient (Wildman–Crippen LogP) is 5.30. The lowest BCUT2D eigenvalue weighted by molar-refractivity contribution is -0.137. The van der Waals surface area contributed by atoms with Crippen molar-refractivity contribution in [3.05, 3.63) is 58.2 Å². The van der Waals surface area contributed by atoms with Crippen molar-refractivity contribution in [1.82, 2.24) is 24.7 Å². The summed E-state index contributed by atoms with van der Waals surface area (Å²) in [5.41, 5.74) is -0.830. The maximum Gasteiger partial charge on any atom is 0.417 e. The summed E-state index contributed by atoms with van der Waals surface area (Å²) in [5.74, 6) is 0.978. The summed E-state index contributed by atoms with van der Waals surface area (Å²) >= 11 is 11.6. The molecule has 1 atom stereocenters. The molecule has 0 amide bonds. The van der Waals surface area contributed by atoms with E-state index in [4.69, 9.17) is 27.6 Å². The zero-order chi connectivity index (χ0) is 20.8. The Balaban J connectivity index is 1.62. The maximum atomic E-state index is 13.0. The van der Waals surface area contributed by atoms with Gasteiger partial charge in [-0.2, -0.15) is 27.9 Å². The number of aromatic nitrogens is 5. The van der Waals surface area contributed by atoms with Crippen LogP contribution in [0.15, 0.2) is 41.2 Å². The molecule has 4 rings (SSSR count). The minimum absolute atomic E-state index is 0.0153. The number of benzene rings is 1. The maximum absolute atomic E-state index is 13.0. The van der Waals surface area contributed by atoms with Gasteiger partial charge in [-0.15, -0.1) is 0 Å². The smallest absolute Gasteiger partial charge is 0.417 e. The fourth-order valence-corrected chi connectivity index (χ4v) is 3.07. The van der Waals surface area contributed by atoms with E-state index in [1.54, 1.807) is 19.1 Å². The third-order valence-corrected chi connectivity index (χ3v) is 4.55. The molecule has 0 radical (unpaired) electrons. The van der Waals surface area contributed by atoms with Crippen LogP contribution in [0.2, 0.25) is 10.0 Å². The van der Waals surface area contributed by atoms with Crippen LogP contribution in [0, 0.1) is 0 Å². The third kappa shape index (κ3) is 3.85. The molecule has 12 heteroatoms. The van der Waals surface area contributed by atoms with Crippen molar-refractivity contribution in [1.29, 1.82) is 0 Å². The Morgan fingerprint density at radius 3 is 2.66 bits per heavy atom. The largest absolute Gasteiger partial charge is 0.423 e. The van der Waals surface area contributed by atoms with Gasteiger partial charge < -0.3 is 9.73 Å². The molecule has 0 bridgehead atoms. The van der Waals surface area contributed by atoms with Crippen LogP contribution in [0.1, 0.15) is 24.4 Å². The Kier molecular flexibility index (Phi) is 4.83. The van der Waals surface area contributed by atoms with E-state index in [2.05, 4.69) is 25.4 Å². The average Bonchev–Trinajstić information content (AvgIpc) is 3.27. The van der Waals surface area contributed by atoms with Crippen molar-refractivity contribution in [3.8, 4) is 5.82 Å². The summed E-state index contributed by atoms with van der Waals surface area (Å²) in [6.07, 6.45) is -1.76. The lowest BCUT2D eigenvalue weighted by Gasteiger charge is -2.12. The van der Waals surface area contributed by atoms with Gasteiger partial charge in [0.2, 0.25) is 0 Å². The van der Waals surface area contributed by atoms with Crippen LogP contribution in [0.4, 0.5) is 19.2 Å². The summed E-state index contributed by atoms with van der Waals surface area (Å²) in [6, 6.07) is 4.82. The van der Waals surface area contributed by atoms with Gasteiger partial charge in [0.25, 0.3) is 6.01 Å². The first kappa shape index (κ1) is 19.5. The number of rotatable bonds is 4. The van der Waals surface area contributed by atoms with Gasteiger partial charge in [0.1, 0.15) is 11.8 Å². The molecule has 29 heavy (non-hydrogen) atoms. The highest BCUT2D eigenvalue weighted by molar-refractivity contribution is 6.32. The van der Waals surface area contributed by atoms with Crippen molar-refractivity contribution in [3.63, 3.8) is 0 Å². The molecule has 7 nitrogen and oxygen atoms in total. The van der Waals surface area contributed by atoms with Crippen molar-refractivity contribution >= 4 is 40.3 Å². The van der Waals surface area contributed by atoms with Crippen LogP contribution < -0.4 is 5.32 Å². The minimum Gasteiger partial charge on any atom is -0.423 e. The number of hydrogen-bond acceptors (Lipinski definition) is 6. The highest BCUT2D eigenvalue weighted by Gasteiger charge is 2.34. The topological polar surface area (TPSA) is 81.7 Å². The second kappa shape index (κ2) is 7.20. The second-order valence-corrected chi connectivity index (χ2v) is 6.89. The molecule has 1 N–H and O–H groups in total. The van der Waals surface area contributed by atoms with Crippen molar-refractivity contribution in [2.45, 2.75) is 19.1 Å². The number of pyridine rings is 1. The standard InChI is InChI=1S/C17H11Cl2F3N6O/c1-8(15-24-7-25-28(15)14-3-2-9(18)6-23-14)26-16-27-12-4-10(17(20,21)22)11(19)5-13(12)29-16/h2-8H,1H3,(H,26,27)/t8-/m0/s1. The van der Waals surface area contributed by atoms with E-state index in [-0.39, 0.29) is 17.1 Å². The van der Waals surface area contributed by atoms with Crippen LogP contribution in [-0.4, -0.2) is 24.7 Å². The number of fused-ring (bicyclic) bond motifs is 1. The lowest BCUT2D eigenvalue weighted by atomic mass is 10.2. The van der Waals surface area contributed by atoms with Gasteiger partial charge in [-0.05, 0) is 25.1 Å². The number of oxazole rings is 1. The molecular weight excluding hydrogens is 432 g/mol. The Morgan fingerprint density at radius 1 is 1.17 bits per heavy atom. The van der Waals surface area contributed by atoms with Crippen LogP contribution in [0.5, 0.6) is 0 Å². The number of nitrogens with one attached hydrogen (secondary N) is 1. The molecule has 0 aliphatic carbocycles.